The molecule has 2 N–H and O–H groups in total. The predicted molar refractivity (Wildman–Crippen MR) is 83.9 cm³/mol. The molecular weight excluding hydrogens is 298 g/mol. The van der Waals surface area contributed by atoms with Crippen LogP contribution in [0.1, 0.15) is 31.8 Å². The molecule has 0 aliphatic rings. The Hall–Kier alpha value is -3.22. The molecule has 0 spiro atoms. The highest BCUT2D eigenvalue weighted by molar-refractivity contribution is 6.00. The van der Waals surface area contributed by atoms with Crippen LogP contribution in [0.3, 0.4) is 0 Å². The number of hydrogen-bond acceptors (Lipinski definition) is 4. The van der Waals surface area contributed by atoms with Crippen molar-refractivity contribution in [3.8, 4) is 0 Å². The second-order valence-electron chi connectivity index (χ2n) is 4.93. The van der Waals surface area contributed by atoms with E-state index in [1.54, 1.807) is 31.2 Å². The molecule has 23 heavy (non-hydrogen) atoms. The lowest BCUT2D eigenvalue weighted by Crippen LogP contribution is -2.42. The van der Waals surface area contributed by atoms with Gasteiger partial charge >= 0.3 is 0 Å². The molecule has 0 saturated heterocycles. The van der Waals surface area contributed by atoms with Crippen LogP contribution in [0.4, 0.5) is 5.69 Å². The third-order valence-corrected chi connectivity index (χ3v) is 3.43. The smallest absolute Gasteiger partial charge is 0.267 e. The molecular formula is C16H15N3O4. The minimum absolute atomic E-state index is 0.129. The lowest BCUT2D eigenvalue weighted by atomic mass is 10.1. The molecule has 0 heterocycles. The van der Waals surface area contributed by atoms with E-state index in [0.717, 1.165) is 5.56 Å². The van der Waals surface area contributed by atoms with Crippen LogP contribution >= 0.6 is 0 Å². The van der Waals surface area contributed by atoms with Crippen molar-refractivity contribution in [1.82, 2.24) is 10.9 Å². The Kier molecular flexibility index (Phi) is 4.70. The highest BCUT2D eigenvalue weighted by atomic mass is 16.6. The summed E-state index contributed by atoms with van der Waals surface area (Å²) in [4.78, 5) is 34.5. The summed E-state index contributed by atoms with van der Waals surface area (Å²) in [5, 5.41) is 10.9. The quantitative estimate of drug-likeness (QED) is 0.670. The second kappa shape index (κ2) is 6.69. The maximum absolute atomic E-state index is 12.1. The number of amides is 2. The van der Waals surface area contributed by atoms with Gasteiger partial charge < -0.3 is 0 Å². The van der Waals surface area contributed by atoms with Crippen molar-refractivity contribution >= 4 is 17.5 Å². The van der Waals surface area contributed by atoms with Crippen molar-refractivity contribution in [1.29, 1.82) is 0 Å². The van der Waals surface area contributed by atoms with E-state index in [-0.39, 0.29) is 16.8 Å². The lowest BCUT2D eigenvalue weighted by molar-refractivity contribution is -0.385. The molecule has 2 amide bonds. The first-order valence-corrected chi connectivity index (χ1v) is 6.82. The van der Waals surface area contributed by atoms with E-state index in [0.29, 0.717) is 5.56 Å². The first kappa shape index (κ1) is 16.2. The van der Waals surface area contributed by atoms with Gasteiger partial charge in [0.2, 0.25) is 0 Å². The van der Waals surface area contributed by atoms with Crippen LogP contribution in [-0.4, -0.2) is 16.7 Å². The number of carbonyl (C=O) groups excluding carboxylic acids is 2. The Morgan fingerprint density at radius 2 is 1.48 bits per heavy atom. The van der Waals surface area contributed by atoms with Gasteiger partial charge in [-0.1, -0.05) is 24.3 Å². The summed E-state index contributed by atoms with van der Waals surface area (Å²) < 4.78 is 0. The Bertz CT molecular complexity index is 787. The average molecular weight is 313 g/mol. The SMILES string of the molecule is Cc1ccccc1C(=O)NNC(=O)c1cccc([N+](=O)[O-])c1C. The molecule has 0 fully saturated rings. The van der Waals surface area contributed by atoms with Crippen LogP contribution in [0.2, 0.25) is 0 Å². The number of hydrogen-bond donors (Lipinski definition) is 2. The summed E-state index contributed by atoms with van der Waals surface area (Å²) in [6, 6.07) is 11.1. The monoisotopic (exact) mass is 313 g/mol. The molecule has 0 aliphatic heterocycles. The minimum Gasteiger partial charge on any atom is -0.267 e. The molecule has 7 heteroatoms. The van der Waals surface area contributed by atoms with Crippen LogP contribution in [-0.2, 0) is 0 Å². The van der Waals surface area contributed by atoms with E-state index >= 15 is 0 Å². The van der Waals surface area contributed by atoms with Gasteiger partial charge in [0, 0.05) is 17.2 Å². The van der Waals surface area contributed by atoms with Crippen LogP contribution in [0.5, 0.6) is 0 Å². The number of nitro groups is 1. The summed E-state index contributed by atoms with van der Waals surface area (Å²) in [5.41, 5.74) is 5.99. The number of nitro benzene ring substituents is 1. The summed E-state index contributed by atoms with van der Waals surface area (Å²) >= 11 is 0. The van der Waals surface area contributed by atoms with Crippen molar-refractivity contribution in [2.24, 2.45) is 0 Å². The van der Waals surface area contributed by atoms with Gasteiger partial charge in [-0.25, -0.2) is 0 Å². The van der Waals surface area contributed by atoms with E-state index in [1.165, 1.54) is 25.1 Å². The van der Waals surface area contributed by atoms with E-state index < -0.39 is 16.7 Å². The highest BCUT2D eigenvalue weighted by Gasteiger charge is 2.18. The zero-order chi connectivity index (χ0) is 17.0. The molecule has 2 aromatic rings. The van der Waals surface area contributed by atoms with Gasteiger partial charge in [-0.2, -0.15) is 0 Å². The molecule has 2 rings (SSSR count). The maximum Gasteiger partial charge on any atom is 0.273 e. The normalized spacial score (nSPS) is 10.0. The Morgan fingerprint density at radius 1 is 0.913 bits per heavy atom. The molecule has 0 saturated carbocycles. The summed E-state index contributed by atoms with van der Waals surface area (Å²) in [6.45, 7) is 3.26. The van der Waals surface area contributed by atoms with Gasteiger partial charge in [-0.15, -0.1) is 0 Å². The largest absolute Gasteiger partial charge is 0.273 e. The first-order chi connectivity index (χ1) is 10.9. The van der Waals surface area contributed by atoms with Crippen LogP contribution < -0.4 is 10.9 Å². The zero-order valence-corrected chi connectivity index (χ0v) is 12.6. The molecule has 0 bridgehead atoms. The molecule has 0 atom stereocenters. The predicted octanol–water partition coefficient (Wildman–Crippen LogP) is 2.29. The summed E-state index contributed by atoms with van der Waals surface area (Å²) in [5.74, 6) is -1.08. The number of nitrogens with one attached hydrogen (secondary N) is 2. The van der Waals surface area contributed by atoms with Crippen molar-refractivity contribution in [2.45, 2.75) is 13.8 Å². The van der Waals surface area contributed by atoms with Gasteiger partial charge in [0.15, 0.2) is 0 Å². The number of hydrazine groups is 1. The fourth-order valence-electron chi connectivity index (χ4n) is 2.14. The molecule has 7 nitrogen and oxygen atoms in total. The molecule has 0 aliphatic carbocycles. The van der Waals surface area contributed by atoms with E-state index in [9.17, 15) is 19.7 Å². The van der Waals surface area contributed by atoms with Crippen molar-refractivity contribution in [3.05, 3.63) is 74.8 Å². The maximum atomic E-state index is 12.1. The fourth-order valence-corrected chi connectivity index (χ4v) is 2.14. The molecule has 0 unspecified atom stereocenters. The third kappa shape index (κ3) is 3.52. The Balaban J connectivity index is 2.12. The van der Waals surface area contributed by atoms with Crippen LogP contribution in [0.25, 0.3) is 0 Å². The highest BCUT2D eigenvalue weighted by Crippen LogP contribution is 2.20. The topological polar surface area (TPSA) is 101 Å². The van der Waals surface area contributed by atoms with Gasteiger partial charge in [0.25, 0.3) is 17.5 Å². The Morgan fingerprint density at radius 3 is 2.09 bits per heavy atom. The summed E-state index contributed by atoms with van der Waals surface area (Å²) in [6.07, 6.45) is 0. The average Bonchev–Trinajstić information content (AvgIpc) is 2.52. The van der Waals surface area contributed by atoms with Crippen LogP contribution in [0, 0.1) is 24.0 Å². The standard InChI is InChI=1S/C16H15N3O4/c1-10-6-3-4-7-12(10)15(20)17-18-16(21)13-8-5-9-14(11(13)2)19(22)23/h3-9H,1-2H3,(H,17,20)(H,18,21). The van der Waals surface area contributed by atoms with Crippen molar-refractivity contribution < 1.29 is 14.5 Å². The number of aryl methyl sites for hydroxylation is 1. The number of carbonyl (C=O) groups is 2. The second-order valence-corrected chi connectivity index (χ2v) is 4.93. The Labute approximate surface area is 132 Å². The van der Waals surface area contributed by atoms with Gasteiger partial charge in [-0.3, -0.25) is 30.6 Å². The summed E-state index contributed by atoms with van der Waals surface area (Å²) in [7, 11) is 0. The molecule has 2 aromatic carbocycles. The lowest BCUT2D eigenvalue weighted by Gasteiger charge is -2.10. The van der Waals surface area contributed by atoms with Crippen molar-refractivity contribution in [3.63, 3.8) is 0 Å². The third-order valence-electron chi connectivity index (χ3n) is 3.43. The van der Waals surface area contributed by atoms with Crippen LogP contribution in [0.15, 0.2) is 42.5 Å². The minimum atomic E-state index is -0.617. The van der Waals surface area contributed by atoms with Crippen molar-refractivity contribution in [2.75, 3.05) is 0 Å². The number of rotatable bonds is 3. The number of benzene rings is 2. The number of nitrogens with zero attached hydrogens (tertiary/aromatic N) is 1. The molecule has 118 valence electrons. The zero-order valence-electron chi connectivity index (χ0n) is 12.6. The molecule has 0 aromatic heterocycles. The van der Waals surface area contributed by atoms with E-state index in [1.807, 2.05) is 0 Å². The van der Waals surface area contributed by atoms with Gasteiger partial charge in [-0.05, 0) is 31.5 Å². The molecule has 0 radical (unpaired) electrons. The first-order valence-electron chi connectivity index (χ1n) is 6.82. The van der Waals surface area contributed by atoms with E-state index in [4.69, 9.17) is 0 Å². The van der Waals surface area contributed by atoms with E-state index in [2.05, 4.69) is 10.9 Å². The van der Waals surface area contributed by atoms with Gasteiger partial charge in [0.05, 0.1) is 10.5 Å². The fraction of sp³-hybridized carbons (Fsp3) is 0.125. The van der Waals surface area contributed by atoms with Gasteiger partial charge in [0.1, 0.15) is 0 Å².